The highest BCUT2D eigenvalue weighted by Crippen LogP contribution is 2.23. The third-order valence-corrected chi connectivity index (χ3v) is 4.30. The van der Waals surface area contributed by atoms with Crippen LogP contribution >= 0.6 is 0 Å². The van der Waals surface area contributed by atoms with Crippen molar-refractivity contribution in [3.63, 3.8) is 0 Å². The lowest BCUT2D eigenvalue weighted by Gasteiger charge is -2.05. The number of nitrogen functional groups attached to an aromatic ring is 1. The molecule has 4 rings (SSSR count). The summed E-state index contributed by atoms with van der Waals surface area (Å²) in [6.45, 7) is 7.53. The van der Waals surface area contributed by atoms with Crippen molar-refractivity contribution in [1.29, 1.82) is 0 Å². The Morgan fingerprint density at radius 2 is 1.93 bits per heavy atom. The van der Waals surface area contributed by atoms with E-state index in [0.717, 1.165) is 27.9 Å². The lowest BCUT2D eigenvalue weighted by atomic mass is 10.1. The average molecular weight is 373 g/mol. The van der Waals surface area contributed by atoms with E-state index in [1.165, 1.54) is 0 Å². The summed E-state index contributed by atoms with van der Waals surface area (Å²) in [4.78, 5) is 12.7. The number of rotatable bonds is 2. The molecule has 4 aromatic rings. The summed E-state index contributed by atoms with van der Waals surface area (Å²) in [6.07, 6.45) is 0. The Bertz CT molecular complexity index is 1220. The van der Waals surface area contributed by atoms with Gasteiger partial charge >= 0.3 is 0 Å². The molecular formula is C20H19N7O. The Kier molecular flexibility index (Phi) is 4.28. The number of anilines is 1. The fourth-order valence-electron chi connectivity index (χ4n) is 2.95. The van der Waals surface area contributed by atoms with Crippen LogP contribution in [0.1, 0.15) is 41.5 Å². The largest absolute Gasteiger partial charge is 0.368 e. The van der Waals surface area contributed by atoms with Gasteiger partial charge in [-0.3, -0.25) is 0 Å². The topological polar surface area (TPSA) is 109 Å². The second kappa shape index (κ2) is 6.78. The van der Waals surface area contributed by atoms with Crippen LogP contribution in [0.4, 0.5) is 5.95 Å². The molecule has 0 spiro atoms. The first-order chi connectivity index (χ1) is 13.4. The molecule has 0 bridgehead atoms. The van der Waals surface area contributed by atoms with Gasteiger partial charge in [0.15, 0.2) is 11.6 Å². The maximum absolute atomic E-state index is 5.81. The highest BCUT2D eigenvalue weighted by Gasteiger charge is 2.12. The molecule has 0 aliphatic carbocycles. The summed E-state index contributed by atoms with van der Waals surface area (Å²) >= 11 is 0. The van der Waals surface area contributed by atoms with E-state index < -0.39 is 0 Å². The smallest absolute Gasteiger partial charge is 0.223 e. The zero-order valence-corrected chi connectivity index (χ0v) is 16.1. The van der Waals surface area contributed by atoms with Crippen molar-refractivity contribution in [2.75, 3.05) is 5.73 Å². The number of benzene rings is 1. The normalized spacial score (nSPS) is 12.0. The van der Waals surface area contributed by atoms with E-state index in [-0.39, 0.29) is 11.9 Å². The summed E-state index contributed by atoms with van der Waals surface area (Å²) in [5, 5.41) is 9.57. The molecule has 140 valence electrons. The van der Waals surface area contributed by atoms with Gasteiger partial charge in [-0.2, -0.15) is 15.1 Å². The van der Waals surface area contributed by atoms with Gasteiger partial charge in [-0.15, -0.1) is 0 Å². The Hall–Kier alpha value is -3.73. The van der Waals surface area contributed by atoms with E-state index >= 15 is 0 Å². The molecule has 0 aliphatic heterocycles. The van der Waals surface area contributed by atoms with E-state index in [4.69, 9.17) is 10.3 Å². The van der Waals surface area contributed by atoms with E-state index in [2.05, 4.69) is 37.0 Å². The molecule has 8 heteroatoms. The van der Waals surface area contributed by atoms with Crippen molar-refractivity contribution in [3.05, 3.63) is 52.9 Å². The van der Waals surface area contributed by atoms with Crippen LogP contribution in [-0.4, -0.2) is 29.9 Å². The minimum atomic E-state index is -0.135. The van der Waals surface area contributed by atoms with Gasteiger partial charge in [-0.25, -0.2) is 9.67 Å². The van der Waals surface area contributed by atoms with Gasteiger partial charge in [0.25, 0.3) is 0 Å². The van der Waals surface area contributed by atoms with E-state index in [0.29, 0.717) is 17.5 Å². The predicted molar refractivity (Wildman–Crippen MR) is 105 cm³/mol. The fraction of sp³-hybridized carbons (Fsp3) is 0.250. The van der Waals surface area contributed by atoms with E-state index in [1.54, 1.807) is 11.6 Å². The van der Waals surface area contributed by atoms with Crippen LogP contribution in [0.2, 0.25) is 0 Å². The Morgan fingerprint density at radius 1 is 1.11 bits per heavy atom. The standard InChI is InChI=1S/C20H19N7O/c1-11(19-23-14(4)28-26-19)5-6-15-7-8-16-13(3)25-27(17(16)10-15)18-9-12(2)22-20(21)24-18/h7-11H,1-4H3,(H2,21,22,24). The zero-order chi connectivity index (χ0) is 19.8. The molecule has 3 aromatic heterocycles. The molecule has 0 saturated heterocycles. The maximum Gasteiger partial charge on any atom is 0.223 e. The first-order valence-corrected chi connectivity index (χ1v) is 8.83. The first kappa shape index (κ1) is 17.7. The number of hydrogen-bond donors (Lipinski definition) is 1. The van der Waals surface area contributed by atoms with Crippen LogP contribution in [0.15, 0.2) is 28.8 Å². The number of aromatic nitrogens is 6. The molecule has 0 aliphatic rings. The third kappa shape index (κ3) is 3.30. The number of nitrogens with zero attached hydrogens (tertiary/aromatic N) is 6. The molecule has 0 amide bonds. The molecule has 0 fully saturated rings. The van der Waals surface area contributed by atoms with Crippen LogP contribution in [0.25, 0.3) is 16.7 Å². The van der Waals surface area contributed by atoms with Crippen molar-refractivity contribution < 1.29 is 4.52 Å². The molecule has 1 unspecified atom stereocenters. The van der Waals surface area contributed by atoms with Gasteiger partial charge in [-0.05, 0) is 39.0 Å². The van der Waals surface area contributed by atoms with Crippen molar-refractivity contribution in [1.82, 2.24) is 29.9 Å². The molecule has 1 atom stereocenters. The highest BCUT2D eigenvalue weighted by atomic mass is 16.5. The number of nitrogens with two attached hydrogens (primary N) is 1. The van der Waals surface area contributed by atoms with Gasteiger partial charge in [0.2, 0.25) is 11.8 Å². The first-order valence-electron chi connectivity index (χ1n) is 8.83. The molecular weight excluding hydrogens is 354 g/mol. The minimum absolute atomic E-state index is 0.135. The number of aryl methyl sites for hydroxylation is 3. The highest BCUT2D eigenvalue weighted by molar-refractivity contribution is 5.84. The summed E-state index contributed by atoms with van der Waals surface area (Å²) in [7, 11) is 0. The minimum Gasteiger partial charge on any atom is -0.368 e. The number of hydrogen-bond acceptors (Lipinski definition) is 7. The molecule has 28 heavy (non-hydrogen) atoms. The van der Waals surface area contributed by atoms with Crippen LogP contribution in [0.3, 0.4) is 0 Å². The third-order valence-electron chi connectivity index (χ3n) is 4.30. The lowest BCUT2D eigenvalue weighted by molar-refractivity contribution is 0.386. The van der Waals surface area contributed by atoms with Crippen LogP contribution < -0.4 is 5.73 Å². The van der Waals surface area contributed by atoms with Gasteiger partial charge < -0.3 is 10.3 Å². The summed E-state index contributed by atoms with van der Waals surface area (Å²) in [6, 6.07) is 7.83. The van der Waals surface area contributed by atoms with Crippen molar-refractivity contribution in [3.8, 4) is 17.7 Å². The van der Waals surface area contributed by atoms with E-state index in [1.807, 2.05) is 45.0 Å². The van der Waals surface area contributed by atoms with Crippen LogP contribution in [0, 0.1) is 32.6 Å². The SMILES string of the molecule is Cc1cc(-n2nc(C)c3ccc(C#CC(C)c4noc(C)n4)cc32)nc(N)n1. The molecule has 1 aromatic carbocycles. The van der Waals surface area contributed by atoms with Gasteiger partial charge in [0.1, 0.15) is 0 Å². The Morgan fingerprint density at radius 3 is 2.64 bits per heavy atom. The number of fused-ring (bicyclic) bond motifs is 1. The monoisotopic (exact) mass is 373 g/mol. The van der Waals surface area contributed by atoms with Crippen molar-refractivity contribution in [2.24, 2.45) is 0 Å². The second-order valence-electron chi connectivity index (χ2n) is 6.62. The molecule has 8 nitrogen and oxygen atoms in total. The van der Waals surface area contributed by atoms with Gasteiger partial charge in [0.05, 0.1) is 17.1 Å². The van der Waals surface area contributed by atoms with Gasteiger partial charge in [0, 0.05) is 29.6 Å². The van der Waals surface area contributed by atoms with Crippen LogP contribution in [0.5, 0.6) is 0 Å². The summed E-state index contributed by atoms with van der Waals surface area (Å²) in [5.74, 6) is 8.18. The maximum atomic E-state index is 5.81. The molecule has 0 saturated carbocycles. The second-order valence-corrected chi connectivity index (χ2v) is 6.62. The summed E-state index contributed by atoms with van der Waals surface area (Å²) in [5.41, 5.74) is 9.26. The van der Waals surface area contributed by atoms with Crippen LogP contribution in [-0.2, 0) is 0 Å². The lowest BCUT2D eigenvalue weighted by Crippen LogP contribution is -2.05. The predicted octanol–water partition coefficient (Wildman–Crippen LogP) is 2.86. The van der Waals surface area contributed by atoms with Crippen molar-refractivity contribution >= 4 is 16.9 Å². The fourth-order valence-corrected chi connectivity index (χ4v) is 2.95. The van der Waals surface area contributed by atoms with Crippen molar-refractivity contribution in [2.45, 2.75) is 33.6 Å². The zero-order valence-electron chi connectivity index (χ0n) is 16.1. The average Bonchev–Trinajstić information content (AvgIpc) is 3.22. The van der Waals surface area contributed by atoms with E-state index in [9.17, 15) is 0 Å². The molecule has 0 radical (unpaired) electrons. The summed E-state index contributed by atoms with van der Waals surface area (Å²) < 4.78 is 6.79. The Labute approximate surface area is 161 Å². The van der Waals surface area contributed by atoms with Gasteiger partial charge in [-0.1, -0.05) is 17.0 Å². The molecule has 2 N–H and O–H groups in total. The quantitative estimate of drug-likeness (QED) is 0.538. The molecule has 3 heterocycles. The Balaban J connectivity index is 1.76.